The Morgan fingerprint density at radius 3 is 2.61 bits per heavy atom. The topological polar surface area (TPSA) is 99.2 Å². The van der Waals surface area contributed by atoms with Crippen LogP contribution in [0.15, 0.2) is 18.2 Å². The van der Waals surface area contributed by atoms with Crippen LogP contribution in [0, 0.1) is 17.7 Å². The number of nitrogens with one attached hydrogen (secondary N) is 1. The summed E-state index contributed by atoms with van der Waals surface area (Å²) in [6.07, 6.45) is -1.04. The Bertz CT molecular complexity index is 820. The molecule has 1 aliphatic carbocycles. The van der Waals surface area contributed by atoms with Crippen molar-refractivity contribution >= 4 is 23.6 Å². The van der Waals surface area contributed by atoms with Crippen molar-refractivity contribution < 1.29 is 28.6 Å². The molecule has 9 heteroatoms. The van der Waals surface area contributed by atoms with Crippen molar-refractivity contribution in [1.82, 2.24) is 10.2 Å². The van der Waals surface area contributed by atoms with E-state index in [1.165, 1.54) is 17.9 Å². The van der Waals surface area contributed by atoms with E-state index < -0.39 is 18.8 Å². The Kier molecular flexibility index (Phi) is 4.70. The number of amides is 3. The summed E-state index contributed by atoms with van der Waals surface area (Å²) in [5, 5.41) is 11.5. The Morgan fingerprint density at radius 1 is 1.29 bits per heavy atom. The second-order valence-electron chi connectivity index (χ2n) is 7.57. The Labute approximate surface area is 161 Å². The minimum absolute atomic E-state index is 0.0647. The van der Waals surface area contributed by atoms with Crippen LogP contribution in [0.1, 0.15) is 18.4 Å². The molecule has 1 saturated carbocycles. The quantitative estimate of drug-likeness (QED) is 0.759. The molecule has 0 aromatic heterocycles. The van der Waals surface area contributed by atoms with Crippen molar-refractivity contribution in [3.63, 3.8) is 0 Å². The van der Waals surface area contributed by atoms with Gasteiger partial charge in [-0.3, -0.25) is 14.5 Å². The molecule has 2 aliphatic heterocycles. The van der Waals surface area contributed by atoms with E-state index in [1.54, 1.807) is 17.0 Å². The molecule has 4 atom stereocenters. The van der Waals surface area contributed by atoms with Gasteiger partial charge in [-0.1, -0.05) is 6.07 Å². The van der Waals surface area contributed by atoms with Crippen LogP contribution in [0.2, 0.25) is 0 Å². The zero-order chi connectivity index (χ0) is 20.0. The molecule has 150 valence electrons. The molecule has 2 heterocycles. The average Bonchev–Trinajstić information content (AvgIpc) is 3.00. The maximum atomic E-state index is 14.7. The lowest BCUT2D eigenvalue weighted by Crippen LogP contribution is -2.33. The summed E-state index contributed by atoms with van der Waals surface area (Å²) in [7, 11) is 0. The molecule has 3 aliphatic rings. The van der Waals surface area contributed by atoms with E-state index in [4.69, 9.17) is 9.84 Å². The molecule has 4 rings (SSSR count). The first-order chi connectivity index (χ1) is 13.4. The number of cyclic esters (lactones) is 1. The van der Waals surface area contributed by atoms with Crippen LogP contribution >= 0.6 is 0 Å². The summed E-state index contributed by atoms with van der Waals surface area (Å²) < 4.78 is 20.0. The Hall–Kier alpha value is -2.68. The number of benzene rings is 1. The smallest absolute Gasteiger partial charge is 0.414 e. The van der Waals surface area contributed by atoms with Crippen molar-refractivity contribution in [2.45, 2.75) is 18.9 Å². The number of anilines is 1. The first kappa shape index (κ1) is 18.7. The molecule has 2 saturated heterocycles. The highest BCUT2D eigenvalue weighted by Crippen LogP contribution is 2.58. The Morgan fingerprint density at radius 2 is 2.00 bits per heavy atom. The fourth-order valence-electron chi connectivity index (χ4n) is 4.34. The van der Waals surface area contributed by atoms with Gasteiger partial charge in [-0.15, -0.1) is 0 Å². The van der Waals surface area contributed by atoms with Crippen LogP contribution in [0.5, 0.6) is 0 Å². The second kappa shape index (κ2) is 7.05. The van der Waals surface area contributed by atoms with Gasteiger partial charge in [0.1, 0.15) is 18.5 Å². The van der Waals surface area contributed by atoms with Gasteiger partial charge in [0.05, 0.1) is 18.8 Å². The molecule has 1 aromatic rings. The molecule has 0 spiro atoms. The number of hydrogen-bond donors (Lipinski definition) is 2. The number of piperidine rings is 1. The zero-order valence-electron chi connectivity index (χ0n) is 15.4. The summed E-state index contributed by atoms with van der Waals surface area (Å²) in [5.74, 6) is -0.378. The third-order valence-electron chi connectivity index (χ3n) is 5.79. The molecule has 3 fully saturated rings. The minimum atomic E-state index is -0.566. The fourth-order valence-corrected chi connectivity index (χ4v) is 4.34. The molecule has 0 radical (unpaired) electrons. The number of fused-ring (bicyclic) bond motifs is 1. The van der Waals surface area contributed by atoms with Crippen molar-refractivity contribution in [3.8, 4) is 0 Å². The molecule has 8 nitrogen and oxygen atoms in total. The maximum absolute atomic E-state index is 14.7. The van der Waals surface area contributed by atoms with Crippen molar-refractivity contribution in [1.29, 1.82) is 0 Å². The number of halogens is 1. The van der Waals surface area contributed by atoms with E-state index in [2.05, 4.69) is 5.32 Å². The summed E-state index contributed by atoms with van der Waals surface area (Å²) >= 11 is 0. The SMILES string of the molecule is CC(=O)NC[C@H]1CN(c2ccc(C3[C@H]4CN(C(=O)CO)C[C@@H]34)c(F)c2)C(=O)O1. The monoisotopic (exact) mass is 391 g/mol. The number of aliphatic hydroxyl groups is 1. The van der Waals surface area contributed by atoms with Crippen LogP contribution < -0.4 is 10.2 Å². The van der Waals surface area contributed by atoms with E-state index in [-0.39, 0.29) is 48.5 Å². The lowest BCUT2D eigenvalue weighted by molar-refractivity contribution is -0.133. The van der Waals surface area contributed by atoms with Crippen LogP contribution in [0.3, 0.4) is 0 Å². The third-order valence-corrected chi connectivity index (χ3v) is 5.79. The number of rotatable bonds is 5. The van der Waals surface area contributed by atoms with Gasteiger partial charge < -0.3 is 20.1 Å². The van der Waals surface area contributed by atoms with E-state index in [0.29, 0.717) is 24.3 Å². The molecule has 0 bridgehead atoms. The van der Waals surface area contributed by atoms with Crippen molar-refractivity contribution in [3.05, 3.63) is 29.6 Å². The molecule has 2 N–H and O–H groups in total. The highest BCUT2D eigenvalue weighted by Gasteiger charge is 2.57. The number of carbonyl (C=O) groups excluding carboxylic acids is 3. The Balaban J connectivity index is 1.40. The summed E-state index contributed by atoms with van der Waals surface area (Å²) in [4.78, 5) is 37.6. The zero-order valence-corrected chi connectivity index (χ0v) is 15.4. The van der Waals surface area contributed by atoms with Crippen LogP contribution in [0.4, 0.5) is 14.9 Å². The molecular weight excluding hydrogens is 369 g/mol. The summed E-state index contributed by atoms with van der Waals surface area (Å²) in [6, 6.07) is 4.73. The summed E-state index contributed by atoms with van der Waals surface area (Å²) in [6.45, 7) is 2.42. The maximum Gasteiger partial charge on any atom is 0.414 e. The first-order valence-electron chi connectivity index (χ1n) is 9.29. The van der Waals surface area contributed by atoms with Gasteiger partial charge in [-0.2, -0.15) is 0 Å². The van der Waals surface area contributed by atoms with E-state index in [9.17, 15) is 18.8 Å². The van der Waals surface area contributed by atoms with Crippen LogP contribution in [0.25, 0.3) is 0 Å². The molecule has 1 aromatic carbocycles. The number of aliphatic hydroxyl groups excluding tert-OH is 1. The van der Waals surface area contributed by atoms with Crippen molar-refractivity contribution in [2.24, 2.45) is 11.8 Å². The molecule has 28 heavy (non-hydrogen) atoms. The van der Waals surface area contributed by atoms with Gasteiger partial charge in [-0.25, -0.2) is 9.18 Å². The first-order valence-corrected chi connectivity index (χ1v) is 9.29. The van der Waals surface area contributed by atoms with E-state index in [1.807, 2.05) is 0 Å². The number of hydrogen-bond acceptors (Lipinski definition) is 5. The normalized spacial score (nSPS) is 28.2. The van der Waals surface area contributed by atoms with Crippen LogP contribution in [-0.4, -0.2) is 66.8 Å². The minimum Gasteiger partial charge on any atom is -0.442 e. The largest absolute Gasteiger partial charge is 0.442 e. The predicted molar refractivity (Wildman–Crippen MR) is 96.1 cm³/mol. The number of nitrogens with zero attached hydrogens (tertiary/aromatic N) is 2. The highest BCUT2D eigenvalue weighted by atomic mass is 19.1. The van der Waals surface area contributed by atoms with Gasteiger partial charge in [-0.05, 0) is 35.4 Å². The van der Waals surface area contributed by atoms with Gasteiger partial charge in [0, 0.05) is 20.0 Å². The summed E-state index contributed by atoms with van der Waals surface area (Å²) in [5.41, 5.74) is 1.01. The standard InChI is InChI=1S/C19H22FN3O5/c1-10(25)21-5-12-6-23(19(27)28-12)11-2-3-13(16(20)4-11)18-14-7-22(8-15(14)18)17(26)9-24/h2-4,12,14-15,18,24H,5-9H2,1H3,(H,21,25)/t12-,14-,15+,18?/m0/s1. The molecule has 3 amide bonds. The highest BCUT2D eigenvalue weighted by molar-refractivity contribution is 5.90. The van der Waals surface area contributed by atoms with Gasteiger partial charge >= 0.3 is 6.09 Å². The van der Waals surface area contributed by atoms with Gasteiger partial charge in [0.25, 0.3) is 0 Å². The van der Waals surface area contributed by atoms with Gasteiger partial charge in [0.2, 0.25) is 11.8 Å². The number of likely N-dealkylation sites (tertiary alicyclic amines) is 1. The van der Waals surface area contributed by atoms with Gasteiger partial charge in [0.15, 0.2) is 0 Å². The van der Waals surface area contributed by atoms with Crippen LogP contribution in [-0.2, 0) is 14.3 Å². The fraction of sp³-hybridized carbons (Fsp3) is 0.526. The molecule has 1 unspecified atom stereocenters. The molecular formula is C19H22FN3O5. The number of ether oxygens (including phenoxy) is 1. The van der Waals surface area contributed by atoms with E-state index >= 15 is 0 Å². The third kappa shape index (κ3) is 3.30. The predicted octanol–water partition coefficient (Wildman–Crippen LogP) is 0.451. The second-order valence-corrected chi connectivity index (χ2v) is 7.57. The van der Waals surface area contributed by atoms with Crippen molar-refractivity contribution in [2.75, 3.05) is 37.7 Å². The van der Waals surface area contributed by atoms with E-state index in [0.717, 1.165) is 0 Å². The lowest BCUT2D eigenvalue weighted by atomic mass is 10.0. The lowest BCUT2D eigenvalue weighted by Gasteiger charge is -2.19. The average molecular weight is 391 g/mol. The number of carbonyl (C=O) groups is 3.